The van der Waals surface area contributed by atoms with E-state index in [4.69, 9.17) is 14.2 Å². The van der Waals surface area contributed by atoms with Gasteiger partial charge >= 0.3 is 0 Å². The third-order valence-corrected chi connectivity index (χ3v) is 3.56. The number of hydrogen-bond acceptors (Lipinski definition) is 6. The molecule has 23 heavy (non-hydrogen) atoms. The standard InChI is InChI=1S/C17H21N3O3/c1-21-13-15-11-16(23-12-14-5-3-2-4-6-14)19-17(18-15)20-7-9-22-10-8-20/h2-6,11H,7-10,12-13H2,1H3. The molecule has 2 aromatic rings. The lowest BCUT2D eigenvalue weighted by atomic mass is 10.2. The van der Waals surface area contributed by atoms with Gasteiger partial charge in [-0.3, -0.25) is 0 Å². The Morgan fingerprint density at radius 3 is 2.61 bits per heavy atom. The summed E-state index contributed by atoms with van der Waals surface area (Å²) in [5, 5.41) is 0. The normalized spacial score (nSPS) is 14.7. The zero-order valence-electron chi connectivity index (χ0n) is 13.3. The van der Waals surface area contributed by atoms with Gasteiger partial charge in [-0.2, -0.15) is 4.98 Å². The number of anilines is 1. The Bertz CT molecular complexity index is 616. The van der Waals surface area contributed by atoms with Crippen LogP contribution in [0.15, 0.2) is 36.4 Å². The minimum absolute atomic E-state index is 0.432. The molecule has 0 unspecified atom stereocenters. The second-order valence-electron chi connectivity index (χ2n) is 5.30. The summed E-state index contributed by atoms with van der Waals surface area (Å²) in [6.07, 6.45) is 0. The number of ether oxygens (including phenoxy) is 3. The molecule has 1 saturated heterocycles. The molecular weight excluding hydrogens is 294 g/mol. The van der Waals surface area contributed by atoms with Gasteiger partial charge in [0, 0.05) is 26.3 Å². The smallest absolute Gasteiger partial charge is 0.229 e. The van der Waals surface area contributed by atoms with Gasteiger partial charge in [0.1, 0.15) is 6.61 Å². The fraction of sp³-hybridized carbons (Fsp3) is 0.412. The van der Waals surface area contributed by atoms with E-state index in [9.17, 15) is 0 Å². The molecule has 0 saturated carbocycles. The van der Waals surface area contributed by atoms with Crippen LogP contribution in [0.3, 0.4) is 0 Å². The molecule has 0 spiro atoms. The summed E-state index contributed by atoms with van der Waals surface area (Å²) in [5.74, 6) is 1.24. The van der Waals surface area contributed by atoms with Crippen LogP contribution in [0, 0.1) is 0 Å². The van der Waals surface area contributed by atoms with E-state index in [1.54, 1.807) is 7.11 Å². The summed E-state index contributed by atoms with van der Waals surface area (Å²) < 4.78 is 16.4. The number of hydrogen-bond donors (Lipinski definition) is 0. The highest BCUT2D eigenvalue weighted by Gasteiger charge is 2.16. The van der Waals surface area contributed by atoms with E-state index < -0.39 is 0 Å². The lowest BCUT2D eigenvalue weighted by Gasteiger charge is -2.27. The van der Waals surface area contributed by atoms with E-state index >= 15 is 0 Å². The molecule has 1 fully saturated rings. The zero-order valence-corrected chi connectivity index (χ0v) is 13.3. The predicted molar refractivity (Wildman–Crippen MR) is 86.6 cm³/mol. The molecule has 122 valence electrons. The van der Waals surface area contributed by atoms with E-state index in [-0.39, 0.29) is 0 Å². The average molecular weight is 315 g/mol. The van der Waals surface area contributed by atoms with Gasteiger partial charge in [0.25, 0.3) is 0 Å². The number of rotatable bonds is 6. The maximum absolute atomic E-state index is 5.85. The highest BCUT2D eigenvalue weighted by molar-refractivity contribution is 5.35. The van der Waals surface area contributed by atoms with E-state index in [2.05, 4.69) is 14.9 Å². The fourth-order valence-electron chi connectivity index (χ4n) is 2.39. The van der Waals surface area contributed by atoms with Gasteiger partial charge in [0.15, 0.2) is 0 Å². The van der Waals surface area contributed by atoms with Crippen molar-refractivity contribution in [3.8, 4) is 5.88 Å². The van der Waals surface area contributed by atoms with E-state index in [0.29, 0.717) is 38.3 Å². The van der Waals surface area contributed by atoms with Crippen LogP contribution in [-0.2, 0) is 22.7 Å². The largest absolute Gasteiger partial charge is 0.473 e. The average Bonchev–Trinajstić information content (AvgIpc) is 2.62. The molecule has 0 N–H and O–H groups in total. The Morgan fingerprint density at radius 2 is 1.87 bits per heavy atom. The summed E-state index contributed by atoms with van der Waals surface area (Å²) in [4.78, 5) is 11.2. The van der Waals surface area contributed by atoms with E-state index in [1.165, 1.54) is 0 Å². The second kappa shape index (κ2) is 7.89. The van der Waals surface area contributed by atoms with Crippen molar-refractivity contribution in [1.29, 1.82) is 0 Å². The van der Waals surface area contributed by atoms with Gasteiger partial charge in [0.2, 0.25) is 11.8 Å². The summed E-state index contributed by atoms with van der Waals surface area (Å²) in [6.45, 7) is 3.87. The molecule has 2 heterocycles. The summed E-state index contributed by atoms with van der Waals surface area (Å²) in [6, 6.07) is 11.9. The Balaban J connectivity index is 1.76. The molecule has 1 aliphatic rings. The summed E-state index contributed by atoms with van der Waals surface area (Å²) >= 11 is 0. The van der Waals surface area contributed by atoms with Gasteiger partial charge in [-0.1, -0.05) is 30.3 Å². The molecule has 6 nitrogen and oxygen atoms in total. The van der Waals surface area contributed by atoms with Crippen molar-refractivity contribution in [2.75, 3.05) is 38.3 Å². The molecule has 1 aliphatic heterocycles. The van der Waals surface area contributed by atoms with Gasteiger partial charge in [-0.25, -0.2) is 4.98 Å². The quantitative estimate of drug-likeness (QED) is 0.813. The molecule has 3 rings (SSSR count). The van der Waals surface area contributed by atoms with Gasteiger partial charge in [-0.15, -0.1) is 0 Å². The number of aromatic nitrogens is 2. The summed E-state index contributed by atoms with van der Waals surface area (Å²) in [5.41, 5.74) is 1.92. The van der Waals surface area contributed by atoms with Crippen LogP contribution in [0.2, 0.25) is 0 Å². The van der Waals surface area contributed by atoms with Crippen molar-refractivity contribution >= 4 is 5.95 Å². The van der Waals surface area contributed by atoms with E-state index in [0.717, 1.165) is 24.3 Å². The van der Waals surface area contributed by atoms with Crippen LogP contribution in [0.5, 0.6) is 5.88 Å². The highest BCUT2D eigenvalue weighted by atomic mass is 16.5. The van der Waals surface area contributed by atoms with Gasteiger partial charge in [0.05, 0.1) is 25.5 Å². The molecule has 1 aromatic heterocycles. The van der Waals surface area contributed by atoms with Crippen LogP contribution in [-0.4, -0.2) is 43.4 Å². The van der Waals surface area contributed by atoms with Crippen molar-refractivity contribution in [3.05, 3.63) is 47.7 Å². The van der Waals surface area contributed by atoms with Crippen LogP contribution < -0.4 is 9.64 Å². The van der Waals surface area contributed by atoms with Crippen LogP contribution in [0.25, 0.3) is 0 Å². The van der Waals surface area contributed by atoms with Gasteiger partial charge < -0.3 is 19.1 Å². The lowest BCUT2D eigenvalue weighted by molar-refractivity contribution is 0.121. The monoisotopic (exact) mass is 315 g/mol. The number of morpholine rings is 1. The molecule has 1 aromatic carbocycles. The first-order valence-electron chi connectivity index (χ1n) is 7.71. The first-order chi connectivity index (χ1) is 11.3. The first kappa shape index (κ1) is 15.7. The van der Waals surface area contributed by atoms with Crippen LogP contribution >= 0.6 is 0 Å². The van der Waals surface area contributed by atoms with Crippen molar-refractivity contribution in [2.24, 2.45) is 0 Å². The molecule has 0 aliphatic carbocycles. The Morgan fingerprint density at radius 1 is 1.09 bits per heavy atom. The van der Waals surface area contributed by atoms with Crippen molar-refractivity contribution in [1.82, 2.24) is 9.97 Å². The second-order valence-corrected chi connectivity index (χ2v) is 5.30. The third kappa shape index (κ3) is 4.40. The molecule has 0 amide bonds. The molecule has 0 radical (unpaired) electrons. The minimum atomic E-state index is 0.432. The number of benzene rings is 1. The number of nitrogens with zero attached hydrogens (tertiary/aromatic N) is 3. The van der Waals surface area contributed by atoms with Crippen LogP contribution in [0.1, 0.15) is 11.3 Å². The summed E-state index contributed by atoms with van der Waals surface area (Å²) in [7, 11) is 1.65. The molecule has 0 atom stereocenters. The maximum Gasteiger partial charge on any atom is 0.229 e. The van der Waals surface area contributed by atoms with Crippen molar-refractivity contribution in [2.45, 2.75) is 13.2 Å². The van der Waals surface area contributed by atoms with Gasteiger partial charge in [-0.05, 0) is 5.56 Å². The SMILES string of the molecule is COCc1cc(OCc2ccccc2)nc(N2CCOCC2)n1. The fourth-order valence-corrected chi connectivity index (χ4v) is 2.39. The molecular formula is C17H21N3O3. The Labute approximate surface area is 136 Å². The van der Waals surface area contributed by atoms with E-state index in [1.807, 2.05) is 36.4 Å². The predicted octanol–water partition coefficient (Wildman–Crippen LogP) is 2.04. The highest BCUT2D eigenvalue weighted by Crippen LogP contribution is 2.18. The lowest BCUT2D eigenvalue weighted by Crippen LogP contribution is -2.37. The maximum atomic E-state index is 5.85. The molecule has 6 heteroatoms. The first-order valence-corrected chi connectivity index (χ1v) is 7.71. The van der Waals surface area contributed by atoms with Crippen molar-refractivity contribution in [3.63, 3.8) is 0 Å². The number of methoxy groups -OCH3 is 1. The molecule has 0 bridgehead atoms. The third-order valence-electron chi connectivity index (χ3n) is 3.56. The Hall–Kier alpha value is -2.18. The minimum Gasteiger partial charge on any atom is -0.473 e. The topological polar surface area (TPSA) is 56.7 Å². The van der Waals surface area contributed by atoms with Crippen molar-refractivity contribution < 1.29 is 14.2 Å². The van der Waals surface area contributed by atoms with Crippen LogP contribution in [0.4, 0.5) is 5.95 Å². The zero-order chi connectivity index (χ0) is 15.9. The Kier molecular flexibility index (Phi) is 5.39.